The summed E-state index contributed by atoms with van der Waals surface area (Å²) in [6.07, 6.45) is 0. The summed E-state index contributed by atoms with van der Waals surface area (Å²) in [5, 5.41) is 0. The van der Waals surface area contributed by atoms with Crippen LogP contribution in [0.25, 0.3) is 0 Å². The van der Waals surface area contributed by atoms with Crippen LogP contribution in [0, 0.1) is 6.92 Å². The first kappa shape index (κ1) is 14.0. The minimum atomic E-state index is -0.0365. The predicted molar refractivity (Wildman–Crippen MR) is 66.2 cm³/mol. The highest BCUT2D eigenvalue weighted by molar-refractivity contribution is 5.77. The molecule has 7 heteroatoms. The number of oxazole rings is 1. The molecule has 1 aliphatic heterocycles. The lowest BCUT2D eigenvalue weighted by Gasteiger charge is -2.26. The number of nitrogens with zero attached hydrogens (tertiary/aromatic N) is 2. The van der Waals surface area contributed by atoms with Gasteiger partial charge in [-0.15, -0.1) is 0 Å². The van der Waals surface area contributed by atoms with Crippen molar-refractivity contribution >= 4 is 5.91 Å². The van der Waals surface area contributed by atoms with Gasteiger partial charge in [-0.05, 0) is 6.92 Å². The molecule has 0 aliphatic carbocycles. The Morgan fingerprint density at radius 2 is 2.21 bits per heavy atom. The average Bonchev–Trinajstić information content (AvgIpc) is 2.80. The summed E-state index contributed by atoms with van der Waals surface area (Å²) in [5.41, 5.74) is 6.26. The first-order valence-corrected chi connectivity index (χ1v) is 6.29. The van der Waals surface area contributed by atoms with E-state index in [4.69, 9.17) is 19.6 Å². The topological polar surface area (TPSA) is 90.8 Å². The number of amides is 1. The fourth-order valence-electron chi connectivity index (χ4n) is 1.87. The van der Waals surface area contributed by atoms with Crippen molar-refractivity contribution in [2.45, 2.75) is 20.1 Å². The van der Waals surface area contributed by atoms with Gasteiger partial charge in [0.25, 0.3) is 0 Å². The number of ether oxygens (including phenoxy) is 2. The van der Waals surface area contributed by atoms with E-state index < -0.39 is 0 Å². The Kier molecular flexibility index (Phi) is 4.89. The quantitative estimate of drug-likeness (QED) is 0.797. The third-order valence-corrected chi connectivity index (χ3v) is 2.94. The third kappa shape index (κ3) is 3.76. The average molecular weight is 269 g/mol. The van der Waals surface area contributed by atoms with E-state index in [2.05, 4.69) is 4.98 Å². The molecular formula is C12H19N3O4. The Morgan fingerprint density at radius 1 is 1.47 bits per heavy atom. The molecule has 1 fully saturated rings. The highest BCUT2D eigenvalue weighted by atomic mass is 16.5. The molecule has 2 rings (SSSR count). The van der Waals surface area contributed by atoms with Gasteiger partial charge in [0.1, 0.15) is 19.0 Å². The first-order chi connectivity index (χ1) is 9.20. The van der Waals surface area contributed by atoms with Gasteiger partial charge in [-0.1, -0.05) is 0 Å². The second-order valence-corrected chi connectivity index (χ2v) is 4.31. The van der Waals surface area contributed by atoms with Crippen LogP contribution in [-0.4, -0.2) is 48.7 Å². The van der Waals surface area contributed by atoms with E-state index in [0.29, 0.717) is 44.5 Å². The van der Waals surface area contributed by atoms with Crippen molar-refractivity contribution in [1.29, 1.82) is 0 Å². The van der Waals surface area contributed by atoms with Crippen molar-refractivity contribution in [3.63, 3.8) is 0 Å². The highest BCUT2D eigenvalue weighted by Crippen LogP contribution is 2.10. The summed E-state index contributed by atoms with van der Waals surface area (Å²) in [6, 6.07) is 0. The highest BCUT2D eigenvalue weighted by Gasteiger charge is 2.17. The second-order valence-electron chi connectivity index (χ2n) is 4.31. The van der Waals surface area contributed by atoms with Crippen LogP contribution in [0.15, 0.2) is 4.42 Å². The Labute approximate surface area is 111 Å². The van der Waals surface area contributed by atoms with Crippen LogP contribution in [0.1, 0.15) is 17.3 Å². The van der Waals surface area contributed by atoms with Gasteiger partial charge >= 0.3 is 0 Å². The molecule has 0 unspecified atom stereocenters. The van der Waals surface area contributed by atoms with Crippen LogP contribution >= 0.6 is 0 Å². The lowest BCUT2D eigenvalue weighted by molar-refractivity contribution is -0.140. The number of carbonyl (C=O) groups is 1. The van der Waals surface area contributed by atoms with Crippen molar-refractivity contribution in [2.24, 2.45) is 5.73 Å². The number of aromatic nitrogens is 1. The maximum Gasteiger partial charge on any atom is 0.248 e. The standard InChI is InChI=1S/C12H19N3O4/c1-9-10(6-13)19-11(14-9)7-18-8-12(16)15-2-4-17-5-3-15/h2-8,13H2,1H3. The molecule has 1 aromatic rings. The number of hydrogen-bond acceptors (Lipinski definition) is 6. The number of morpholine rings is 1. The van der Waals surface area contributed by atoms with E-state index in [1.807, 2.05) is 6.92 Å². The number of carbonyl (C=O) groups excluding carboxylic acids is 1. The molecule has 0 atom stereocenters. The molecule has 2 heterocycles. The Balaban J connectivity index is 1.74. The molecule has 0 saturated carbocycles. The summed E-state index contributed by atoms with van der Waals surface area (Å²) in [5.74, 6) is 1.07. The van der Waals surface area contributed by atoms with Crippen LogP contribution in [0.5, 0.6) is 0 Å². The van der Waals surface area contributed by atoms with E-state index in [9.17, 15) is 4.79 Å². The summed E-state index contributed by atoms with van der Waals surface area (Å²) in [6.45, 7) is 4.76. The number of hydrogen-bond donors (Lipinski definition) is 1. The third-order valence-electron chi connectivity index (χ3n) is 2.94. The minimum absolute atomic E-state index is 0.0272. The van der Waals surface area contributed by atoms with Crippen LogP contribution in [0.4, 0.5) is 0 Å². The summed E-state index contributed by atoms with van der Waals surface area (Å²) in [7, 11) is 0. The zero-order chi connectivity index (χ0) is 13.7. The molecule has 7 nitrogen and oxygen atoms in total. The Bertz CT molecular complexity index is 427. The van der Waals surface area contributed by atoms with Gasteiger partial charge in [-0.25, -0.2) is 4.98 Å². The monoisotopic (exact) mass is 269 g/mol. The van der Waals surface area contributed by atoms with Crippen molar-refractivity contribution in [3.8, 4) is 0 Å². The first-order valence-electron chi connectivity index (χ1n) is 6.29. The molecule has 19 heavy (non-hydrogen) atoms. The van der Waals surface area contributed by atoms with Crippen LogP contribution in [-0.2, 0) is 27.4 Å². The largest absolute Gasteiger partial charge is 0.442 e. The maximum absolute atomic E-state index is 11.8. The smallest absolute Gasteiger partial charge is 0.248 e. The van der Waals surface area contributed by atoms with E-state index >= 15 is 0 Å². The SMILES string of the molecule is Cc1nc(COCC(=O)N2CCOCC2)oc1CN. The lowest BCUT2D eigenvalue weighted by atomic mass is 10.4. The van der Waals surface area contributed by atoms with E-state index in [-0.39, 0.29) is 19.1 Å². The molecule has 1 aliphatic rings. The molecule has 0 aromatic carbocycles. The molecular weight excluding hydrogens is 250 g/mol. The lowest BCUT2D eigenvalue weighted by Crippen LogP contribution is -2.42. The van der Waals surface area contributed by atoms with Gasteiger partial charge in [0, 0.05) is 13.1 Å². The normalized spacial score (nSPS) is 15.8. The van der Waals surface area contributed by atoms with E-state index in [1.54, 1.807) is 4.90 Å². The van der Waals surface area contributed by atoms with Gasteiger partial charge < -0.3 is 24.5 Å². The predicted octanol–water partition coefficient (Wildman–Crippen LogP) is -0.183. The van der Waals surface area contributed by atoms with Gasteiger partial charge in [0.2, 0.25) is 11.8 Å². The molecule has 0 bridgehead atoms. The molecule has 2 N–H and O–H groups in total. The fraction of sp³-hybridized carbons (Fsp3) is 0.667. The van der Waals surface area contributed by atoms with Crippen LogP contribution < -0.4 is 5.73 Å². The zero-order valence-corrected chi connectivity index (χ0v) is 11.1. The van der Waals surface area contributed by atoms with Gasteiger partial charge in [0.05, 0.1) is 25.5 Å². The molecule has 106 valence electrons. The van der Waals surface area contributed by atoms with Crippen LogP contribution in [0.2, 0.25) is 0 Å². The van der Waals surface area contributed by atoms with Crippen molar-refractivity contribution in [1.82, 2.24) is 9.88 Å². The Hall–Kier alpha value is -1.44. The molecule has 0 radical (unpaired) electrons. The van der Waals surface area contributed by atoms with E-state index in [1.165, 1.54) is 0 Å². The summed E-state index contributed by atoms with van der Waals surface area (Å²) >= 11 is 0. The van der Waals surface area contributed by atoms with Gasteiger partial charge in [0.15, 0.2) is 0 Å². The summed E-state index contributed by atoms with van der Waals surface area (Å²) < 4.78 is 15.9. The van der Waals surface area contributed by atoms with Crippen LogP contribution in [0.3, 0.4) is 0 Å². The Morgan fingerprint density at radius 3 is 2.84 bits per heavy atom. The number of nitrogens with two attached hydrogens (primary N) is 1. The molecule has 1 aromatic heterocycles. The molecule has 1 amide bonds. The van der Waals surface area contributed by atoms with Gasteiger partial charge in [-0.2, -0.15) is 0 Å². The van der Waals surface area contributed by atoms with E-state index in [0.717, 1.165) is 5.69 Å². The second kappa shape index (κ2) is 6.65. The van der Waals surface area contributed by atoms with Crippen molar-refractivity contribution in [3.05, 3.63) is 17.3 Å². The summed E-state index contributed by atoms with van der Waals surface area (Å²) in [4.78, 5) is 17.7. The zero-order valence-electron chi connectivity index (χ0n) is 11.1. The van der Waals surface area contributed by atoms with Crippen molar-refractivity contribution in [2.75, 3.05) is 32.9 Å². The van der Waals surface area contributed by atoms with Crippen molar-refractivity contribution < 1.29 is 18.7 Å². The maximum atomic E-state index is 11.8. The number of rotatable bonds is 5. The molecule has 0 spiro atoms. The molecule has 1 saturated heterocycles. The fourth-order valence-corrected chi connectivity index (χ4v) is 1.87. The number of aryl methyl sites for hydroxylation is 1. The minimum Gasteiger partial charge on any atom is -0.442 e. The van der Waals surface area contributed by atoms with Gasteiger partial charge in [-0.3, -0.25) is 4.79 Å².